The van der Waals surface area contributed by atoms with Gasteiger partial charge in [0, 0.05) is 24.4 Å². The molecule has 1 aliphatic carbocycles. The average molecular weight is 693 g/mol. The lowest BCUT2D eigenvalue weighted by Crippen LogP contribution is -2.00. The zero-order valence-electron chi connectivity index (χ0n) is 30.4. The molecule has 2 aliphatic rings. The van der Waals surface area contributed by atoms with Crippen LogP contribution in [0.15, 0.2) is 175 Å². The Labute approximate surface area is 318 Å². The molecule has 2 heteroatoms. The third kappa shape index (κ3) is 6.83. The summed E-state index contributed by atoms with van der Waals surface area (Å²) >= 11 is 0. The van der Waals surface area contributed by atoms with Crippen molar-refractivity contribution < 1.29 is 0 Å². The fourth-order valence-corrected chi connectivity index (χ4v) is 7.69. The molecule has 9 rings (SSSR count). The third-order valence-electron chi connectivity index (χ3n) is 10.7. The minimum atomic E-state index is 0.791. The van der Waals surface area contributed by atoms with E-state index in [1.165, 1.54) is 50.1 Å². The molecule has 0 saturated heterocycles. The van der Waals surface area contributed by atoms with E-state index >= 15 is 0 Å². The number of allylic oxidation sites excluding steroid dienone is 3. The first-order valence-electron chi connectivity index (χ1n) is 18.8. The largest absolute Gasteiger partial charge is 0.264 e. The molecule has 54 heavy (non-hydrogen) atoms. The van der Waals surface area contributed by atoms with Gasteiger partial charge in [-0.3, -0.25) is 9.98 Å². The number of nitrogens with zero attached hydrogens (tertiary/aromatic N) is 2. The fourth-order valence-electron chi connectivity index (χ4n) is 7.69. The molecule has 2 nitrogen and oxygen atoms in total. The predicted molar refractivity (Wildman–Crippen MR) is 229 cm³/mol. The van der Waals surface area contributed by atoms with Gasteiger partial charge in [-0.15, -0.1) is 0 Å². The highest BCUT2D eigenvalue weighted by atomic mass is 14.8. The Kier molecular flexibility index (Phi) is 9.08. The standard InChI is InChI=1S/C52H40N2/c1-36-10-2-4-12-38(36)13-5-3-11-37-19-21-44(22-20-37)51-34-47-32-46(40-25-27-42(28-26-40)49-18-8-15-41-14-6-7-17-48(41)49)33-50(52(47)54-51)43-29-23-39(24-30-43)45-16-9-31-53-35-45/h2-5,7-13,15-33,35H,6,14,34H2,1H3/b11-3+,13-5-. The van der Waals surface area contributed by atoms with Crippen LogP contribution in [0.3, 0.4) is 0 Å². The number of hydrogen-bond donors (Lipinski definition) is 0. The van der Waals surface area contributed by atoms with Gasteiger partial charge in [-0.1, -0.05) is 158 Å². The maximum absolute atomic E-state index is 5.33. The number of hydrogen-bond acceptors (Lipinski definition) is 2. The highest BCUT2D eigenvalue weighted by Gasteiger charge is 2.22. The normalized spacial score (nSPS) is 13.3. The fraction of sp³-hybridized carbons (Fsp3) is 0.0769. The lowest BCUT2D eigenvalue weighted by Gasteiger charge is -2.16. The Morgan fingerprint density at radius 2 is 1.28 bits per heavy atom. The van der Waals surface area contributed by atoms with Crippen LogP contribution in [0.1, 0.15) is 45.4 Å². The second-order valence-electron chi connectivity index (χ2n) is 14.2. The van der Waals surface area contributed by atoms with Gasteiger partial charge in [-0.2, -0.15) is 0 Å². The second kappa shape index (κ2) is 14.8. The molecule has 0 radical (unpaired) electrons. The van der Waals surface area contributed by atoms with Crippen molar-refractivity contribution >= 4 is 29.6 Å². The van der Waals surface area contributed by atoms with Gasteiger partial charge in [0.2, 0.25) is 0 Å². The zero-order valence-corrected chi connectivity index (χ0v) is 30.4. The van der Waals surface area contributed by atoms with Gasteiger partial charge in [0.1, 0.15) is 0 Å². The second-order valence-corrected chi connectivity index (χ2v) is 14.2. The number of aliphatic imine (C=N–C) groups is 1. The molecule has 0 bridgehead atoms. The van der Waals surface area contributed by atoms with E-state index in [9.17, 15) is 0 Å². The summed E-state index contributed by atoms with van der Waals surface area (Å²) in [5.74, 6) is 0. The molecule has 0 amide bonds. The first-order chi connectivity index (χ1) is 26.7. The summed E-state index contributed by atoms with van der Waals surface area (Å²) in [7, 11) is 0. The van der Waals surface area contributed by atoms with Crippen molar-refractivity contribution in [3.05, 3.63) is 209 Å². The van der Waals surface area contributed by atoms with Gasteiger partial charge in [0.25, 0.3) is 0 Å². The first kappa shape index (κ1) is 33.2. The molecule has 6 aromatic carbocycles. The quantitative estimate of drug-likeness (QED) is 0.146. The van der Waals surface area contributed by atoms with Gasteiger partial charge in [-0.05, 0) is 116 Å². The molecule has 258 valence electrons. The van der Waals surface area contributed by atoms with Gasteiger partial charge in [0.05, 0.1) is 11.4 Å². The number of benzene rings is 6. The first-order valence-corrected chi connectivity index (χ1v) is 18.8. The van der Waals surface area contributed by atoms with E-state index in [1.807, 2.05) is 18.5 Å². The van der Waals surface area contributed by atoms with Crippen LogP contribution in [0.5, 0.6) is 0 Å². The van der Waals surface area contributed by atoms with Crippen molar-refractivity contribution in [2.24, 2.45) is 4.99 Å². The Morgan fingerprint density at radius 1 is 0.556 bits per heavy atom. The maximum Gasteiger partial charge on any atom is 0.0748 e. The number of aryl methyl sites for hydroxylation is 2. The zero-order chi connectivity index (χ0) is 36.3. The van der Waals surface area contributed by atoms with Crippen LogP contribution >= 0.6 is 0 Å². The SMILES string of the molecule is Cc1ccccc1/C=C\C=C\c1ccc(C2=Nc3c(cc(-c4ccc(-c5cccc6c5C=CCC6)cc4)cc3-c3ccc(-c4cccnc4)cc3)C2)cc1. The molecule has 1 aliphatic heterocycles. The van der Waals surface area contributed by atoms with Gasteiger partial charge < -0.3 is 0 Å². The topological polar surface area (TPSA) is 25.2 Å². The van der Waals surface area contributed by atoms with Gasteiger partial charge in [0.15, 0.2) is 0 Å². The van der Waals surface area contributed by atoms with Crippen molar-refractivity contribution in [3.8, 4) is 44.5 Å². The summed E-state index contributed by atoms with van der Waals surface area (Å²) in [4.78, 5) is 9.65. The van der Waals surface area contributed by atoms with E-state index in [-0.39, 0.29) is 0 Å². The maximum atomic E-state index is 5.33. The lowest BCUT2D eigenvalue weighted by molar-refractivity contribution is 0.986. The number of fused-ring (bicyclic) bond motifs is 2. The van der Waals surface area contributed by atoms with Crippen molar-refractivity contribution in [1.29, 1.82) is 0 Å². The van der Waals surface area contributed by atoms with Crippen molar-refractivity contribution in [3.63, 3.8) is 0 Å². The molecular weight excluding hydrogens is 653 g/mol. The predicted octanol–water partition coefficient (Wildman–Crippen LogP) is 13.4. The highest BCUT2D eigenvalue weighted by molar-refractivity contribution is 6.09. The minimum Gasteiger partial charge on any atom is -0.264 e. The van der Waals surface area contributed by atoms with Crippen LogP contribution in [0.4, 0.5) is 5.69 Å². The molecule has 0 saturated carbocycles. The van der Waals surface area contributed by atoms with Crippen LogP contribution in [0, 0.1) is 6.92 Å². The molecule has 0 spiro atoms. The molecule has 0 atom stereocenters. The number of pyridine rings is 1. The molecule has 0 N–H and O–H groups in total. The van der Waals surface area contributed by atoms with E-state index in [0.29, 0.717) is 0 Å². The van der Waals surface area contributed by atoms with Crippen LogP contribution in [0.25, 0.3) is 62.7 Å². The lowest BCUT2D eigenvalue weighted by atomic mass is 9.89. The van der Waals surface area contributed by atoms with Crippen LogP contribution < -0.4 is 0 Å². The summed E-state index contributed by atoms with van der Waals surface area (Å²) in [6.07, 6.45) is 19.9. The van der Waals surface area contributed by atoms with Crippen LogP contribution in [0.2, 0.25) is 0 Å². The monoisotopic (exact) mass is 692 g/mol. The molecule has 0 unspecified atom stereocenters. The van der Waals surface area contributed by atoms with E-state index in [1.54, 1.807) is 0 Å². The summed E-state index contributed by atoms with van der Waals surface area (Å²) in [6.45, 7) is 2.14. The Morgan fingerprint density at radius 3 is 2.06 bits per heavy atom. The average Bonchev–Trinajstić information content (AvgIpc) is 3.68. The summed E-state index contributed by atoms with van der Waals surface area (Å²) in [5.41, 5.74) is 20.6. The van der Waals surface area contributed by atoms with E-state index in [2.05, 4.69) is 182 Å². The summed E-state index contributed by atoms with van der Waals surface area (Å²) in [5, 5.41) is 0. The Bertz CT molecular complexity index is 2590. The molecule has 2 heterocycles. The van der Waals surface area contributed by atoms with Crippen molar-refractivity contribution in [2.75, 3.05) is 0 Å². The molecular formula is C52H40N2. The smallest absolute Gasteiger partial charge is 0.0748 e. The van der Waals surface area contributed by atoms with E-state index in [0.717, 1.165) is 64.0 Å². The molecule has 7 aromatic rings. The van der Waals surface area contributed by atoms with Crippen LogP contribution in [-0.2, 0) is 12.8 Å². The molecule has 0 fully saturated rings. The summed E-state index contributed by atoms with van der Waals surface area (Å²) < 4.78 is 0. The van der Waals surface area contributed by atoms with E-state index < -0.39 is 0 Å². The minimum absolute atomic E-state index is 0.791. The number of aromatic nitrogens is 1. The molecule has 1 aromatic heterocycles. The van der Waals surface area contributed by atoms with Crippen molar-refractivity contribution in [2.45, 2.75) is 26.2 Å². The third-order valence-corrected chi connectivity index (χ3v) is 10.7. The van der Waals surface area contributed by atoms with Crippen molar-refractivity contribution in [1.82, 2.24) is 4.98 Å². The van der Waals surface area contributed by atoms with Gasteiger partial charge in [-0.25, -0.2) is 0 Å². The Balaban J connectivity index is 1.03. The number of rotatable bonds is 8. The Hall–Kier alpha value is -6.64. The van der Waals surface area contributed by atoms with Crippen LogP contribution in [-0.4, -0.2) is 10.7 Å². The van der Waals surface area contributed by atoms with Gasteiger partial charge >= 0.3 is 0 Å². The highest BCUT2D eigenvalue weighted by Crippen LogP contribution is 2.43. The summed E-state index contributed by atoms with van der Waals surface area (Å²) in [6, 6.07) is 50.6. The van der Waals surface area contributed by atoms with E-state index in [4.69, 9.17) is 4.99 Å².